The fraction of sp³-hybridized carbons (Fsp3) is 0.294. The van der Waals surface area contributed by atoms with E-state index in [1.54, 1.807) is 7.05 Å². The number of halogens is 1. The molecule has 3 rings (SSSR count). The third kappa shape index (κ3) is 3.54. The summed E-state index contributed by atoms with van der Waals surface area (Å²) in [5.41, 5.74) is 3.03. The lowest BCUT2D eigenvalue weighted by Crippen LogP contribution is -2.38. The molecule has 126 valence electrons. The first-order valence-electron chi connectivity index (χ1n) is 7.72. The Morgan fingerprint density at radius 2 is 2.21 bits per heavy atom. The molecule has 24 heavy (non-hydrogen) atoms. The number of guanidine groups is 1. The monoisotopic (exact) mass is 344 g/mol. The van der Waals surface area contributed by atoms with Gasteiger partial charge in [-0.15, -0.1) is 0 Å². The maximum atomic E-state index is 6.05. The van der Waals surface area contributed by atoms with E-state index >= 15 is 0 Å². The fourth-order valence-corrected chi connectivity index (χ4v) is 2.94. The molecule has 3 aromatic rings. The summed E-state index contributed by atoms with van der Waals surface area (Å²) in [6.07, 6.45) is 5.91. The van der Waals surface area contributed by atoms with Crippen molar-refractivity contribution >= 4 is 23.2 Å². The molecule has 0 saturated heterocycles. The van der Waals surface area contributed by atoms with E-state index in [1.165, 1.54) is 0 Å². The summed E-state index contributed by atoms with van der Waals surface area (Å²) in [7, 11) is 5.77. The van der Waals surface area contributed by atoms with Gasteiger partial charge >= 0.3 is 0 Å². The van der Waals surface area contributed by atoms with Crippen LogP contribution in [0.5, 0.6) is 0 Å². The van der Waals surface area contributed by atoms with Gasteiger partial charge in [0, 0.05) is 45.4 Å². The van der Waals surface area contributed by atoms with Gasteiger partial charge in [0.25, 0.3) is 0 Å². The SMILES string of the molecule is CN=C(NCc1cn2ccccc2n1)N(C)Cc1cc(Cl)cn1C. The second kappa shape index (κ2) is 6.97. The van der Waals surface area contributed by atoms with Gasteiger partial charge in [-0.2, -0.15) is 0 Å². The van der Waals surface area contributed by atoms with Crippen LogP contribution in [-0.4, -0.2) is 38.9 Å². The second-order valence-electron chi connectivity index (χ2n) is 5.72. The molecule has 0 fully saturated rings. The Labute approximate surface area is 146 Å². The van der Waals surface area contributed by atoms with Crippen molar-refractivity contribution in [3.05, 3.63) is 59.3 Å². The van der Waals surface area contributed by atoms with Crippen LogP contribution in [0.4, 0.5) is 0 Å². The summed E-state index contributed by atoms with van der Waals surface area (Å²) in [5.74, 6) is 0.810. The molecule has 0 aliphatic rings. The second-order valence-corrected chi connectivity index (χ2v) is 6.15. The third-order valence-corrected chi connectivity index (χ3v) is 4.10. The first kappa shape index (κ1) is 16.4. The van der Waals surface area contributed by atoms with Crippen LogP contribution >= 0.6 is 11.6 Å². The van der Waals surface area contributed by atoms with Gasteiger partial charge in [0.2, 0.25) is 0 Å². The number of aromatic nitrogens is 3. The number of imidazole rings is 1. The van der Waals surface area contributed by atoms with Gasteiger partial charge in [0.05, 0.1) is 23.8 Å². The number of hydrogen-bond acceptors (Lipinski definition) is 2. The van der Waals surface area contributed by atoms with Crippen molar-refractivity contribution in [1.29, 1.82) is 0 Å². The molecule has 0 saturated carbocycles. The number of fused-ring (bicyclic) bond motifs is 1. The van der Waals surface area contributed by atoms with Gasteiger partial charge in [-0.05, 0) is 18.2 Å². The van der Waals surface area contributed by atoms with E-state index in [0.717, 1.165) is 28.0 Å². The van der Waals surface area contributed by atoms with E-state index in [2.05, 4.69) is 20.2 Å². The van der Waals surface area contributed by atoms with Gasteiger partial charge in [0.15, 0.2) is 5.96 Å². The number of hydrogen-bond donors (Lipinski definition) is 1. The highest BCUT2D eigenvalue weighted by atomic mass is 35.5. The quantitative estimate of drug-likeness (QED) is 0.584. The lowest BCUT2D eigenvalue weighted by atomic mass is 10.4. The normalized spacial score (nSPS) is 11.9. The molecule has 0 atom stereocenters. The highest BCUT2D eigenvalue weighted by molar-refractivity contribution is 6.30. The Bertz CT molecular complexity index is 830. The third-order valence-electron chi connectivity index (χ3n) is 3.89. The van der Waals surface area contributed by atoms with Gasteiger partial charge in [0.1, 0.15) is 5.65 Å². The molecule has 6 nitrogen and oxygen atoms in total. The molecule has 0 aromatic carbocycles. The zero-order chi connectivity index (χ0) is 17.1. The minimum Gasteiger partial charge on any atom is -0.351 e. The molecule has 3 heterocycles. The van der Waals surface area contributed by atoms with Crippen molar-refractivity contribution in [2.24, 2.45) is 12.0 Å². The molecule has 0 aliphatic carbocycles. The predicted molar refractivity (Wildman–Crippen MR) is 97.3 cm³/mol. The Balaban J connectivity index is 1.64. The van der Waals surface area contributed by atoms with E-state index in [9.17, 15) is 0 Å². The minimum atomic E-state index is 0.618. The van der Waals surface area contributed by atoms with Crippen LogP contribution in [0.3, 0.4) is 0 Å². The highest BCUT2D eigenvalue weighted by Crippen LogP contribution is 2.14. The molecule has 0 unspecified atom stereocenters. The van der Waals surface area contributed by atoms with Crippen molar-refractivity contribution < 1.29 is 0 Å². The zero-order valence-electron chi connectivity index (χ0n) is 14.1. The van der Waals surface area contributed by atoms with Crippen LogP contribution in [0, 0.1) is 0 Å². The lowest BCUT2D eigenvalue weighted by Gasteiger charge is -2.22. The number of aliphatic imine (C=N–C) groups is 1. The van der Waals surface area contributed by atoms with Gasteiger partial charge in [-0.25, -0.2) is 4.98 Å². The average molecular weight is 345 g/mol. The average Bonchev–Trinajstić information content (AvgIpc) is 3.10. The zero-order valence-corrected chi connectivity index (χ0v) is 14.8. The van der Waals surface area contributed by atoms with E-state index in [1.807, 2.05) is 65.9 Å². The van der Waals surface area contributed by atoms with Crippen molar-refractivity contribution in [2.45, 2.75) is 13.1 Å². The van der Waals surface area contributed by atoms with Crippen LogP contribution in [0.2, 0.25) is 5.02 Å². The van der Waals surface area contributed by atoms with E-state index in [0.29, 0.717) is 13.1 Å². The van der Waals surface area contributed by atoms with Gasteiger partial charge < -0.3 is 19.2 Å². The molecule has 0 radical (unpaired) electrons. The van der Waals surface area contributed by atoms with Gasteiger partial charge in [-0.1, -0.05) is 17.7 Å². The van der Waals surface area contributed by atoms with Crippen molar-refractivity contribution in [1.82, 2.24) is 24.2 Å². The Kier molecular flexibility index (Phi) is 4.76. The number of rotatable bonds is 4. The molecule has 1 N–H and O–H groups in total. The van der Waals surface area contributed by atoms with Crippen molar-refractivity contribution in [3.63, 3.8) is 0 Å². The first-order valence-corrected chi connectivity index (χ1v) is 8.10. The molecule has 7 heteroatoms. The number of pyridine rings is 1. The maximum Gasteiger partial charge on any atom is 0.194 e. The largest absolute Gasteiger partial charge is 0.351 e. The molecular formula is C17H21ClN6. The van der Waals surface area contributed by atoms with Crippen molar-refractivity contribution in [2.75, 3.05) is 14.1 Å². The van der Waals surface area contributed by atoms with E-state index < -0.39 is 0 Å². The maximum absolute atomic E-state index is 6.05. The van der Waals surface area contributed by atoms with Crippen LogP contribution in [-0.2, 0) is 20.1 Å². The van der Waals surface area contributed by atoms with Crippen LogP contribution in [0.1, 0.15) is 11.4 Å². The molecule has 0 bridgehead atoms. The van der Waals surface area contributed by atoms with Crippen LogP contribution < -0.4 is 5.32 Å². The number of nitrogens with zero attached hydrogens (tertiary/aromatic N) is 5. The van der Waals surface area contributed by atoms with Crippen LogP contribution in [0.25, 0.3) is 5.65 Å². The Morgan fingerprint density at radius 1 is 1.38 bits per heavy atom. The fourth-order valence-electron chi connectivity index (χ4n) is 2.67. The van der Waals surface area contributed by atoms with Gasteiger partial charge in [-0.3, -0.25) is 4.99 Å². The molecule has 3 aromatic heterocycles. The first-order chi connectivity index (χ1) is 11.6. The van der Waals surface area contributed by atoms with Crippen LogP contribution in [0.15, 0.2) is 47.8 Å². The predicted octanol–water partition coefficient (Wildman–Crippen LogP) is 2.53. The standard InChI is InChI=1S/C17H21ClN6/c1-19-17(23(3)12-15-8-13(18)10-22(15)2)20-9-14-11-24-7-5-4-6-16(24)21-14/h4-8,10-11H,9,12H2,1-3H3,(H,19,20). The number of nitrogens with one attached hydrogen (secondary N) is 1. The summed E-state index contributed by atoms with van der Waals surface area (Å²) in [5, 5.41) is 4.09. The lowest BCUT2D eigenvalue weighted by molar-refractivity contribution is 0.461. The Hall–Kier alpha value is -2.47. The molecule has 0 amide bonds. The topological polar surface area (TPSA) is 49.9 Å². The summed E-state index contributed by atoms with van der Waals surface area (Å²) in [6.45, 7) is 1.33. The number of aryl methyl sites for hydroxylation is 1. The summed E-state index contributed by atoms with van der Waals surface area (Å²) < 4.78 is 4.03. The highest BCUT2D eigenvalue weighted by Gasteiger charge is 2.10. The van der Waals surface area contributed by atoms with E-state index in [4.69, 9.17) is 11.6 Å². The van der Waals surface area contributed by atoms with E-state index in [-0.39, 0.29) is 0 Å². The summed E-state index contributed by atoms with van der Waals surface area (Å²) in [6, 6.07) is 7.93. The smallest absolute Gasteiger partial charge is 0.194 e. The van der Waals surface area contributed by atoms with Crippen molar-refractivity contribution in [3.8, 4) is 0 Å². The molecule has 0 spiro atoms. The Morgan fingerprint density at radius 3 is 2.88 bits per heavy atom. The summed E-state index contributed by atoms with van der Waals surface area (Å²) in [4.78, 5) is 11.0. The molecular weight excluding hydrogens is 324 g/mol. The minimum absolute atomic E-state index is 0.618. The molecule has 0 aliphatic heterocycles. The summed E-state index contributed by atoms with van der Waals surface area (Å²) >= 11 is 6.05.